The van der Waals surface area contributed by atoms with E-state index in [4.69, 9.17) is 4.74 Å². The summed E-state index contributed by atoms with van der Waals surface area (Å²) in [4.78, 5) is 63.6. The Morgan fingerprint density at radius 1 is 1.19 bits per heavy atom. The van der Waals surface area contributed by atoms with Gasteiger partial charge in [-0.25, -0.2) is 9.69 Å². The van der Waals surface area contributed by atoms with Crippen LogP contribution in [0.15, 0.2) is 48.5 Å². The van der Waals surface area contributed by atoms with Crippen molar-refractivity contribution in [1.29, 1.82) is 0 Å². The second-order valence-electron chi connectivity index (χ2n) is 9.01. The van der Waals surface area contributed by atoms with Crippen LogP contribution >= 0.6 is 0 Å². The Morgan fingerprint density at radius 3 is 2.42 bits per heavy atom. The lowest BCUT2D eigenvalue weighted by molar-refractivity contribution is -0.384. The summed E-state index contributed by atoms with van der Waals surface area (Å²) < 4.78 is 4.72. The Balaban J connectivity index is 1.85. The third-order valence-corrected chi connectivity index (χ3v) is 7.33. The molecule has 2 aliphatic rings. The molecular weight excluding hydrogens is 470 g/mol. The van der Waals surface area contributed by atoms with Gasteiger partial charge >= 0.3 is 11.9 Å². The number of carboxylic acid groups (broad SMARTS) is 1. The summed E-state index contributed by atoms with van der Waals surface area (Å²) in [6.45, 7) is 3.50. The van der Waals surface area contributed by atoms with Gasteiger partial charge in [-0.1, -0.05) is 38.5 Å². The minimum Gasteiger partial charge on any atom is -0.480 e. The monoisotopic (exact) mass is 495 g/mol. The van der Waals surface area contributed by atoms with Crippen molar-refractivity contribution in [2.24, 2.45) is 17.8 Å². The van der Waals surface area contributed by atoms with E-state index >= 15 is 0 Å². The molecule has 0 aliphatic carbocycles. The second kappa shape index (κ2) is 9.15. The van der Waals surface area contributed by atoms with E-state index < -0.39 is 58.0 Å². The molecule has 2 N–H and O–H groups in total. The fraction of sp³-hybridized carbons (Fsp3) is 0.360. The van der Waals surface area contributed by atoms with Crippen molar-refractivity contribution < 1.29 is 33.9 Å². The zero-order valence-electron chi connectivity index (χ0n) is 19.8. The normalized spacial score (nSPS) is 26.0. The lowest BCUT2D eigenvalue weighted by Gasteiger charge is -2.36. The van der Waals surface area contributed by atoms with Gasteiger partial charge in [-0.05, 0) is 29.7 Å². The van der Waals surface area contributed by atoms with Crippen LogP contribution in [0.5, 0.6) is 0 Å². The molecule has 0 spiro atoms. The fourth-order valence-corrected chi connectivity index (χ4v) is 5.35. The minimum atomic E-state index is -1.76. The zero-order valence-corrected chi connectivity index (χ0v) is 19.8. The highest BCUT2D eigenvalue weighted by atomic mass is 16.6. The number of aliphatic carboxylic acids is 1. The van der Waals surface area contributed by atoms with Crippen molar-refractivity contribution in [3.63, 3.8) is 0 Å². The van der Waals surface area contributed by atoms with Crippen LogP contribution in [0.4, 0.5) is 11.4 Å². The number of nitrogens with one attached hydrogen (secondary N) is 1. The number of rotatable bonds is 7. The topological polar surface area (TPSA) is 156 Å². The summed E-state index contributed by atoms with van der Waals surface area (Å²) in [6, 6.07) is 10.5. The standard InChI is InChI=1S/C25H25N3O8/c1-4-13(2)25(24(32)33)19-18(20(26-25)14-8-10-15(11-9-14)23(31)36-3)21(29)27(22(19)30)16-6-5-7-17(12-16)28(34)35/h5-13,18-20,26H,4H2,1-3H3,(H,32,33). The molecule has 188 valence electrons. The molecule has 4 rings (SSSR count). The van der Waals surface area contributed by atoms with E-state index in [2.05, 4.69) is 5.32 Å². The first-order chi connectivity index (χ1) is 17.1. The van der Waals surface area contributed by atoms with Gasteiger partial charge in [0.1, 0.15) is 5.54 Å². The molecule has 5 atom stereocenters. The molecule has 0 saturated carbocycles. The molecule has 2 heterocycles. The van der Waals surface area contributed by atoms with Crippen LogP contribution in [0.2, 0.25) is 0 Å². The lowest BCUT2D eigenvalue weighted by atomic mass is 9.72. The first-order valence-electron chi connectivity index (χ1n) is 11.4. The number of non-ortho nitro benzene ring substituents is 1. The summed E-state index contributed by atoms with van der Waals surface area (Å²) in [5.74, 6) is -6.05. The maximum atomic E-state index is 13.7. The number of hydrogen-bond acceptors (Lipinski definition) is 8. The maximum Gasteiger partial charge on any atom is 0.337 e. The van der Waals surface area contributed by atoms with Gasteiger partial charge in [0, 0.05) is 18.2 Å². The highest BCUT2D eigenvalue weighted by Gasteiger charge is 2.70. The number of nitrogens with zero attached hydrogens (tertiary/aromatic N) is 2. The molecule has 5 unspecified atom stereocenters. The molecule has 0 bridgehead atoms. The summed E-state index contributed by atoms with van der Waals surface area (Å²) in [6.07, 6.45) is 0.412. The summed E-state index contributed by atoms with van der Waals surface area (Å²) in [5, 5.41) is 24.8. The average Bonchev–Trinajstić information content (AvgIpc) is 3.37. The van der Waals surface area contributed by atoms with E-state index in [1.54, 1.807) is 26.0 Å². The number of carbonyl (C=O) groups excluding carboxylic acids is 3. The smallest absolute Gasteiger partial charge is 0.337 e. The van der Waals surface area contributed by atoms with Gasteiger partial charge in [0.25, 0.3) is 5.69 Å². The quantitative estimate of drug-likeness (QED) is 0.255. The number of nitro benzene ring substituents is 1. The molecule has 2 aliphatic heterocycles. The number of carbonyl (C=O) groups is 4. The van der Waals surface area contributed by atoms with Crippen LogP contribution in [-0.4, -0.2) is 46.4 Å². The molecule has 2 amide bonds. The van der Waals surface area contributed by atoms with Crippen molar-refractivity contribution in [2.45, 2.75) is 31.8 Å². The third kappa shape index (κ3) is 3.63. The molecule has 2 saturated heterocycles. The van der Waals surface area contributed by atoms with E-state index in [0.29, 0.717) is 12.0 Å². The summed E-state index contributed by atoms with van der Waals surface area (Å²) in [7, 11) is 1.25. The molecule has 36 heavy (non-hydrogen) atoms. The highest BCUT2D eigenvalue weighted by molar-refractivity contribution is 6.24. The molecular formula is C25H25N3O8. The van der Waals surface area contributed by atoms with Gasteiger partial charge in [-0.2, -0.15) is 0 Å². The lowest BCUT2D eigenvalue weighted by Crippen LogP contribution is -2.59. The number of methoxy groups -OCH3 is 1. The van der Waals surface area contributed by atoms with Crippen molar-refractivity contribution in [2.75, 3.05) is 12.0 Å². The highest BCUT2D eigenvalue weighted by Crippen LogP contribution is 2.52. The van der Waals surface area contributed by atoms with Gasteiger partial charge < -0.3 is 9.84 Å². The van der Waals surface area contributed by atoms with Crippen LogP contribution in [0.3, 0.4) is 0 Å². The van der Waals surface area contributed by atoms with E-state index in [0.717, 1.165) is 11.0 Å². The minimum absolute atomic E-state index is 0.0110. The van der Waals surface area contributed by atoms with Crippen molar-refractivity contribution in [1.82, 2.24) is 5.32 Å². The molecule has 2 aromatic carbocycles. The SMILES string of the molecule is CCC(C)C1(C(=O)O)NC(c2ccc(C(=O)OC)cc2)C2C(=O)N(c3cccc([N+](=O)[O-])c3)C(=O)C21. The number of amides is 2. The molecule has 0 aromatic heterocycles. The van der Waals surface area contributed by atoms with Crippen LogP contribution < -0.4 is 10.2 Å². The number of ether oxygens (including phenoxy) is 1. The van der Waals surface area contributed by atoms with Gasteiger partial charge in [0.2, 0.25) is 11.8 Å². The van der Waals surface area contributed by atoms with E-state index in [1.165, 1.54) is 37.4 Å². The number of benzene rings is 2. The van der Waals surface area contributed by atoms with Gasteiger partial charge in [-0.15, -0.1) is 0 Å². The summed E-state index contributed by atoms with van der Waals surface area (Å²) >= 11 is 0. The van der Waals surface area contributed by atoms with Crippen molar-refractivity contribution in [3.8, 4) is 0 Å². The van der Waals surface area contributed by atoms with Crippen LogP contribution in [0.1, 0.15) is 42.2 Å². The Morgan fingerprint density at radius 2 is 1.86 bits per heavy atom. The zero-order chi connectivity index (χ0) is 26.4. The predicted octanol–water partition coefficient (Wildman–Crippen LogP) is 2.70. The third-order valence-electron chi connectivity index (χ3n) is 7.33. The van der Waals surface area contributed by atoms with Gasteiger partial charge in [0.15, 0.2) is 0 Å². The Hall–Kier alpha value is -4.12. The number of hydrogen-bond donors (Lipinski definition) is 2. The molecule has 11 heteroatoms. The van der Waals surface area contributed by atoms with Crippen molar-refractivity contribution >= 4 is 35.1 Å². The van der Waals surface area contributed by atoms with Gasteiger partial charge in [0.05, 0.1) is 35.1 Å². The average molecular weight is 495 g/mol. The Labute approximate surface area is 206 Å². The van der Waals surface area contributed by atoms with Gasteiger partial charge in [-0.3, -0.25) is 29.8 Å². The fourth-order valence-electron chi connectivity index (χ4n) is 5.35. The molecule has 2 aromatic rings. The molecule has 2 fully saturated rings. The van der Waals surface area contributed by atoms with E-state index in [1.807, 2.05) is 0 Å². The van der Waals surface area contributed by atoms with Crippen LogP contribution in [0, 0.1) is 27.9 Å². The predicted molar refractivity (Wildman–Crippen MR) is 126 cm³/mol. The maximum absolute atomic E-state index is 13.7. The number of esters is 1. The largest absolute Gasteiger partial charge is 0.480 e. The van der Waals surface area contributed by atoms with Crippen LogP contribution in [0.25, 0.3) is 0 Å². The van der Waals surface area contributed by atoms with E-state index in [-0.39, 0.29) is 16.9 Å². The summed E-state index contributed by atoms with van der Waals surface area (Å²) in [5.41, 5.74) is -1.25. The first-order valence-corrected chi connectivity index (χ1v) is 11.4. The first kappa shape index (κ1) is 25.0. The van der Waals surface area contributed by atoms with Crippen LogP contribution in [-0.2, 0) is 19.1 Å². The van der Waals surface area contributed by atoms with E-state index in [9.17, 15) is 34.4 Å². The molecule has 0 radical (unpaired) electrons. The number of fused-ring (bicyclic) bond motifs is 1. The second-order valence-corrected chi connectivity index (χ2v) is 9.01. The number of imide groups is 1. The number of carboxylic acids is 1. The molecule has 11 nitrogen and oxygen atoms in total. The number of nitro groups is 1. The van der Waals surface area contributed by atoms with Crippen molar-refractivity contribution in [3.05, 3.63) is 69.8 Å². The number of anilines is 1. The Kier molecular flexibility index (Phi) is 6.35. The Bertz CT molecular complexity index is 1260.